The predicted octanol–water partition coefficient (Wildman–Crippen LogP) is 3.26. The number of nitrogens with one attached hydrogen (secondary N) is 1. The first kappa shape index (κ1) is 19.2. The Morgan fingerprint density at radius 3 is 2.46 bits per heavy atom. The molecule has 7 heteroatoms. The number of para-hydroxylation sites is 1. The van der Waals surface area contributed by atoms with E-state index in [9.17, 15) is 9.59 Å². The van der Waals surface area contributed by atoms with Crippen LogP contribution in [0.3, 0.4) is 0 Å². The van der Waals surface area contributed by atoms with E-state index in [1.807, 2.05) is 0 Å². The summed E-state index contributed by atoms with van der Waals surface area (Å²) in [6.45, 7) is 1.65. The van der Waals surface area contributed by atoms with Gasteiger partial charge in [0.25, 0.3) is 5.56 Å². The molecule has 0 spiro atoms. The minimum Gasteiger partial charge on any atom is -0.497 e. The minimum atomic E-state index is -0.714. The van der Waals surface area contributed by atoms with Crippen molar-refractivity contribution in [2.45, 2.75) is 13.0 Å². The zero-order valence-electron chi connectivity index (χ0n) is 15.8. The second-order valence-corrected chi connectivity index (χ2v) is 6.03. The third kappa shape index (κ3) is 4.37. The molecule has 3 rings (SSSR count). The normalized spacial score (nSPS) is 12.1. The van der Waals surface area contributed by atoms with Gasteiger partial charge >= 0.3 is 5.97 Å². The number of ether oxygens (including phenoxy) is 3. The first-order chi connectivity index (χ1) is 13.5. The van der Waals surface area contributed by atoms with Gasteiger partial charge < -0.3 is 19.2 Å². The monoisotopic (exact) mass is 380 g/mol. The lowest BCUT2D eigenvalue weighted by Crippen LogP contribution is -2.16. The molecule has 0 amide bonds. The Balaban J connectivity index is 1.74. The molecule has 0 saturated heterocycles. The minimum absolute atomic E-state index is 0.275. The largest absolute Gasteiger partial charge is 0.497 e. The third-order valence-electron chi connectivity index (χ3n) is 4.09. The lowest BCUT2D eigenvalue weighted by Gasteiger charge is -2.11. The molecule has 144 valence electrons. The van der Waals surface area contributed by atoms with Crippen LogP contribution in [0.25, 0.3) is 17.0 Å². The Kier molecular flexibility index (Phi) is 5.74. The lowest BCUT2D eigenvalue weighted by atomic mass is 10.2. The number of nitrogens with zero attached hydrogens (tertiary/aromatic N) is 1. The molecule has 1 N–H and O–H groups in total. The van der Waals surface area contributed by atoms with E-state index in [1.165, 1.54) is 6.08 Å². The molecule has 28 heavy (non-hydrogen) atoms. The maximum Gasteiger partial charge on any atom is 0.331 e. The highest BCUT2D eigenvalue weighted by atomic mass is 16.5. The van der Waals surface area contributed by atoms with Crippen molar-refractivity contribution in [2.24, 2.45) is 0 Å². The van der Waals surface area contributed by atoms with Crippen LogP contribution in [-0.4, -0.2) is 30.2 Å². The first-order valence-corrected chi connectivity index (χ1v) is 8.61. The fourth-order valence-corrected chi connectivity index (χ4v) is 2.66. The Labute approximate surface area is 161 Å². The van der Waals surface area contributed by atoms with Gasteiger partial charge in [0.15, 0.2) is 11.9 Å². The van der Waals surface area contributed by atoms with Crippen LogP contribution in [0.5, 0.6) is 11.5 Å². The number of rotatable bonds is 6. The maximum absolute atomic E-state index is 12.2. The molecule has 0 bridgehead atoms. The van der Waals surface area contributed by atoms with Crippen molar-refractivity contribution in [1.82, 2.24) is 9.97 Å². The van der Waals surface area contributed by atoms with Gasteiger partial charge in [-0.3, -0.25) is 4.79 Å². The topological polar surface area (TPSA) is 90.5 Å². The summed E-state index contributed by atoms with van der Waals surface area (Å²) < 4.78 is 15.8. The fraction of sp³-hybridized carbons (Fsp3) is 0.190. The van der Waals surface area contributed by atoms with Gasteiger partial charge in [-0.25, -0.2) is 9.78 Å². The van der Waals surface area contributed by atoms with Gasteiger partial charge in [0.05, 0.1) is 25.1 Å². The summed E-state index contributed by atoms with van der Waals surface area (Å²) in [5, 5.41) is 0.483. The second kappa shape index (κ2) is 8.39. The van der Waals surface area contributed by atoms with E-state index in [0.29, 0.717) is 22.4 Å². The van der Waals surface area contributed by atoms with Crippen molar-refractivity contribution in [3.63, 3.8) is 0 Å². The summed E-state index contributed by atoms with van der Waals surface area (Å²) in [6, 6.07) is 12.2. The van der Waals surface area contributed by atoms with Gasteiger partial charge in [-0.05, 0) is 42.8 Å². The number of fused-ring (bicyclic) bond motifs is 1. The van der Waals surface area contributed by atoms with Crippen molar-refractivity contribution in [3.8, 4) is 11.5 Å². The molecule has 3 aromatic rings. The SMILES string of the molecule is COc1cc(/C=C/C(=O)O[C@@H](C)c2nc3ccccc3c(=O)[nH]2)cc(OC)c1. The van der Waals surface area contributed by atoms with Crippen molar-refractivity contribution in [1.29, 1.82) is 0 Å². The molecule has 0 fully saturated rings. The van der Waals surface area contributed by atoms with Crippen LogP contribution in [-0.2, 0) is 9.53 Å². The van der Waals surface area contributed by atoms with Gasteiger partial charge in [-0.2, -0.15) is 0 Å². The summed E-state index contributed by atoms with van der Waals surface area (Å²) in [7, 11) is 3.10. The number of methoxy groups -OCH3 is 2. The third-order valence-corrected chi connectivity index (χ3v) is 4.09. The van der Waals surface area contributed by atoms with Crippen molar-refractivity contribution in [2.75, 3.05) is 14.2 Å². The van der Waals surface area contributed by atoms with E-state index in [-0.39, 0.29) is 11.4 Å². The number of aromatic nitrogens is 2. The number of carbonyl (C=O) groups is 1. The molecule has 1 aromatic heterocycles. The first-order valence-electron chi connectivity index (χ1n) is 8.61. The number of esters is 1. The van der Waals surface area contributed by atoms with Crippen LogP contribution in [0.4, 0.5) is 0 Å². The van der Waals surface area contributed by atoms with E-state index in [1.54, 1.807) is 69.7 Å². The highest BCUT2D eigenvalue weighted by Crippen LogP contribution is 2.23. The van der Waals surface area contributed by atoms with Gasteiger partial charge in [0.1, 0.15) is 11.5 Å². The molecule has 1 heterocycles. The average molecular weight is 380 g/mol. The molecule has 2 aromatic carbocycles. The van der Waals surface area contributed by atoms with E-state index in [0.717, 1.165) is 5.56 Å². The molecule has 0 aliphatic carbocycles. The summed E-state index contributed by atoms with van der Waals surface area (Å²) in [5.74, 6) is 0.941. The van der Waals surface area contributed by atoms with Crippen LogP contribution >= 0.6 is 0 Å². The zero-order valence-corrected chi connectivity index (χ0v) is 15.8. The molecule has 0 aliphatic rings. The lowest BCUT2D eigenvalue weighted by molar-refractivity contribution is -0.142. The molecule has 1 atom stereocenters. The highest BCUT2D eigenvalue weighted by molar-refractivity contribution is 5.87. The fourth-order valence-electron chi connectivity index (χ4n) is 2.66. The predicted molar refractivity (Wildman–Crippen MR) is 105 cm³/mol. The van der Waals surface area contributed by atoms with Crippen LogP contribution in [0.1, 0.15) is 24.4 Å². The van der Waals surface area contributed by atoms with Crippen LogP contribution < -0.4 is 15.0 Å². The number of H-pyrrole nitrogens is 1. The number of benzene rings is 2. The summed E-state index contributed by atoms with van der Waals surface area (Å²) in [4.78, 5) is 31.3. The summed E-state index contributed by atoms with van der Waals surface area (Å²) in [5.41, 5.74) is 0.990. The van der Waals surface area contributed by atoms with Crippen molar-refractivity contribution < 1.29 is 19.0 Å². The van der Waals surface area contributed by atoms with Gasteiger partial charge in [0.2, 0.25) is 0 Å². The number of hydrogen-bond donors (Lipinski definition) is 1. The van der Waals surface area contributed by atoms with Gasteiger partial charge in [0, 0.05) is 12.1 Å². The van der Waals surface area contributed by atoms with Crippen LogP contribution in [0, 0.1) is 0 Å². The van der Waals surface area contributed by atoms with Gasteiger partial charge in [-0.1, -0.05) is 12.1 Å². The maximum atomic E-state index is 12.2. The van der Waals surface area contributed by atoms with E-state index in [4.69, 9.17) is 14.2 Å². The molecule has 0 saturated carbocycles. The van der Waals surface area contributed by atoms with Crippen LogP contribution in [0.15, 0.2) is 53.3 Å². The summed E-state index contributed by atoms with van der Waals surface area (Å²) >= 11 is 0. The quantitative estimate of drug-likeness (QED) is 0.521. The number of hydrogen-bond acceptors (Lipinski definition) is 6. The van der Waals surface area contributed by atoms with Crippen molar-refractivity contribution in [3.05, 3.63) is 70.3 Å². The molecular formula is C21H20N2O5. The van der Waals surface area contributed by atoms with Crippen LogP contribution in [0.2, 0.25) is 0 Å². The average Bonchev–Trinajstić information content (AvgIpc) is 2.71. The Morgan fingerprint density at radius 2 is 1.79 bits per heavy atom. The molecule has 0 unspecified atom stereocenters. The van der Waals surface area contributed by atoms with E-state index >= 15 is 0 Å². The molecular weight excluding hydrogens is 360 g/mol. The zero-order chi connectivity index (χ0) is 20.1. The van der Waals surface area contributed by atoms with E-state index in [2.05, 4.69) is 9.97 Å². The second-order valence-electron chi connectivity index (χ2n) is 6.03. The smallest absolute Gasteiger partial charge is 0.331 e. The number of aromatic amines is 1. The van der Waals surface area contributed by atoms with Gasteiger partial charge in [-0.15, -0.1) is 0 Å². The number of carbonyl (C=O) groups excluding carboxylic acids is 1. The Bertz CT molecular complexity index is 1070. The molecule has 7 nitrogen and oxygen atoms in total. The molecule has 0 aliphatic heterocycles. The Morgan fingerprint density at radius 1 is 1.11 bits per heavy atom. The van der Waals surface area contributed by atoms with Crippen molar-refractivity contribution >= 4 is 22.9 Å². The molecule has 0 radical (unpaired) electrons. The standard InChI is InChI=1S/C21H20N2O5/c1-13(20-22-18-7-5-4-6-17(18)21(25)23-20)28-19(24)9-8-14-10-15(26-2)12-16(11-14)27-3/h4-13H,1-3H3,(H,22,23,25)/b9-8+/t13-/m0/s1. The van der Waals surface area contributed by atoms with E-state index < -0.39 is 12.1 Å². The Hall–Kier alpha value is -3.61. The highest BCUT2D eigenvalue weighted by Gasteiger charge is 2.14. The summed E-state index contributed by atoms with van der Waals surface area (Å²) in [6.07, 6.45) is 2.18.